The number of aromatic nitrogens is 1. The smallest absolute Gasteiger partial charge is 0.224 e. The molecule has 0 saturated carbocycles. The van der Waals surface area contributed by atoms with Crippen molar-refractivity contribution < 1.29 is 4.79 Å². The first-order chi connectivity index (χ1) is 8.97. The van der Waals surface area contributed by atoms with E-state index in [2.05, 4.69) is 41.8 Å². The third-order valence-electron chi connectivity index (χ3n) is 3.40. The average molecular weight is 281 g/mol. The standard InChI is InChI=1S/C14H23N3OS/c1-14(2,3)11-9-19-12(17-11)8-16-13(18)10-5-4-6-15-7-10/h9-10,15H,4-8H2,1-3H3,(H,16,18). The summed E-state index contributed by atoms with van der Waals surface area (Å²) in [7, 11) is 0. The highest BCUT2D eigenvalue weighted by atomic mass is 32.1. The number of carbonyl (C=O) groups excluding carboxylic acids is 1. The number of hydrogen-bond acceptors (Lipinski definition) is 4. The van der Waals surface area contributed by atoms with Crippen molar-refractivity contribution in [2.24, 2.45) is 5.92 Å². The highest BCUT2D eigenvalue weighted by molar-refractivity contribution is 7.09. The molecule has 1 aromatic rings. The molecule has 5 heteroatoms. The number of carbonyl (C=O) groups is 1. The van der Waals surface area contributed by atoms with Crippen molar-refractivity contribution >= 4 is 17.2 Å². The Morgan fingerprint density at radius 2 is 2.37 bits per heavy atom. The lowest BCUT2D eigenvalue weighted by Gasteiger charge is -2.21. The molecule has 2 heterocycles. The van der Waals surface area contributed by atoms with Crippen LogP contribution >= 0.6 is 11.3 Å². The van der Waals surface area contributed by atoms with Crippen molar-refractivity contribution in [1.82, 2.24) is 15.6 Å². The molecule has 1 aliphatic heterocycles. The monoisotopic (exact) mass is 281 g/mol. The van der Waals surface area contributed by atoms with Gasteiger partial charge >= 0.3 is 0 Å². The quantitative estimate of drug-likeness (QED) is 0.891. The lowest BCUT2D eigenvalue weighted by atomic mass is 9.93. The molecule has 1 aliphatic rings. The fraction of sp³-hybridized carbons (Fsp3) is 0.714. The normalized spacial score (nSPS) is 20.3. The maximum absolute atomic E-state index is 12.0. The van der Waals surface area contributed by atoms with Crippen molar-refractivity contribution in [2.75, 3.05) is 13.1 Å². The number of nitrogens with one attached hydrogen (secondary N) is 2. The molecule has 1 atom stereocenters. The Morgan fingerprint density at radius 1 is 1.58 bits per heavy atom. The zero-order valence-electron chi connectivity index (χ0n) is 12.0. The molecule has 1 saturated heterocycles. The Morgan fingerprint density at radius 3 is 2.95 bits per heavy atom. The van der Waals surface area contributed by atoms with Crippen LogP contribution in [0, 0.1) is 5.92 Å². The number of hydrogen-bond donors (Lipinski definition) is 2. The number of amides is 1. The largest absolute Gasteiger partial charge is 0.349 e. The predicted octanol–water partition coefficient (Wildman–Crippen LogP) is 2.06. The van der Waals surface area contributed by atoms with Crippen LogP contribution in [0.4, 0.5) is 0 Å². The van der Waals surface area contributed by atoms with Gasteiger partial charge in [0.15, 0.2) is 0 Å². The lowest BCUT2D eigenvalue weighted by molar-refractivity contribution is -0.125. The number of rotatable bonds is 3. The van der Waals surface area contributed by atoms with E-state index < -0.39 is 0 Å². The van der Waals surface area contributed by atoms with Gasteiger partial charge in [-0.2, -0.15) is 0 Å². The summed E-state index contributed by atoms with van der Waals surface area (Å²) in [6, 6.07) is 0. The molecule has 4 nitrogen and oxygen atoms in total. The maximum atomic E-state index is 12.0. The van der Waals surface area contributed by atoms with Gasteiger partial charge in [0, 0.05) is 17.3 Å². The molecule has 0 aromatic carbocycles. The van der Waals surface area contributed by atoms with Crippen LogP contribution < -0.4 is 10.6 Å². The molecule has 0 aliphatic carbocycles. The summed E-state index contributed by atoms with van der Waals surface area (Å²) in [6.07, 6.45) is 2.08. The van der Waals surface area contributed by atoms with Crippen LogP contribution in [-0.4, -0.2) is 24.0 Å². The van der Waals surface area contributed by atoms with Crippen molar-refractivity contribution in [3.05, 3.63) is 16.1 Å². The molecular formula is C14H23N3OS. The Balaban J connectivity index is 1.85. The van der Waals surface area contributed by atoms with Gasteiger partial charge in [-0.25, -0.2) is 4.98 Å². The SMILES string of the molecule is CC(C)(C)c1csc(CNC(=O)C2CCCNC2)n1. The van der Waals surface area contributed by atoms with E-state index in [9.17, 15) is 4.79 Å². The van der Waals surface area contributed by atoms with E-state index in [-0.39, 0.29) is 17.2 Å². The summed E-state index contributed by atoms with van der Waals surface area (Å²) in [6.45, 7) is 8.84. The van der Waals surface area contributed by atoms with Gasteiger partial charge in [0.1, 0.15) is 5.01 Å². The first-order valence-electron chi connectivity index (χ1n) is 6.90. The summed E-state index contributed by atoms with van der Waals surface area (Å²) in [4.78, 5) is 16.6. The summed E-state index contributed by atoms with van der Waals surface area (Å²) in [5.41, 5.74) is 1.17. The van der Waals surface area contributed by atoms with Crippen LogP contribution in [0.1, 0.15) is 44.3 Å². The molecule has 1 unspecified atom stereocenters. The van der Waals surface area contributed by atoms with Gasteiger partial charge in [0.05, 0.1) is 18.2 Å². The van der Waals surface area contributed by atoms with E-state index in [1.54, 1.807) is 11.3 Å². The van der Waals surface area contributed by atoms with Crippen molar-refractivity contribution in [2.45, 2.75) is 45.6 Å². The fourth-order valence-electron chi connectivity index (χ4n) is 2.12. The van der Waals surface area contributed by atoms with Gasteiger partial charge in [-0.05, 0) is 19.4 Å². The minimum Gasteiger partial charge on any atom is -0.349 e. The number of nitrogens with zero attached hydrogens (tertiary/aromatic N) is 1. The second kappa shape index (κ2) is 6.01. The topological polar surface area (TPSA) is 54.0 Å². The maximum Gasteiger partial charge on any atom is 0.224 e. The molecule has 0 bridgehead atoms. The summed E-state index contributed by atoms with van der Waals surface area (Å²) in [5, 5.41) is 9.34. The van der Waals surface area contributed by atoms with Crippen LogP contribution in [0.25, 0.3) is 0 Å². The van der Waals surface area contributed by atoms with E-state index in [0.717, 1.165) is 36.6 Å². The second-order valence-electron chi connectivity index (χ2n) is 6.14. The summed E-state index contributed by atoms with van der Waals surface area (Å²) >= 11 is 1.62. The third-order valence-corrected chi connectivity index (χ3v) is 4.25. The van der Waals surface area contributed by atoms with Crippen molar-refractivity contribution in [3.63, 3.8) is 0 Å². The molecule has 19 heavy (non-hydrogen) atoms. The van der Waals surface area contributed by atoms with Crippen LogP contribution in [0.15, 0.2) is 5.38 Å². The lowest BCUT2D eigenvalue weighted by Crippen LogP contribution is -2.40. The molecule has 1 fully saturated rings. The predicted molar refractivity (Wildman–Crippen MR) is 78.3 cm³/mol. The fourth-order valence-corrected chi connectivity index (χ4v) is 3.08. The Kier molecular flexibility index (Phi) is 4.58. The van der Waals surface area contributed by atoms with Gasteiger partial charge in [-0.3, -0.25) is 4.79 Å². The zero-order chi connectivity index (χ0) is 13.9. The first-order valence-corrected chi connectivity index (χ1v) is 7.78. The molecule has 106 valence electrons. The van der Waals surface area contributed by atoms with Crippen LogP contribution in [0.2, 0.25) is 0 Å². The van der Waals surface area contributed by atoms with Crippen LogP contribution in [0.3, 0.4) is 0 Å². The van der Waals surface area contributed by atoms with Gasteiger partial charge in [0.25, 0.3) is 0 Å². The minimum absolute atomic E-state index is 0.0754. The van der Waals surface area contributed by atoms with E-state index >= 15 is 0 Å². The first kappa shape index (κ1) is 14.5. The molecule has 1 amide bonds. The number of piperidine rings is 1. The van der Waals surface area contributed by atoms with Gasteiger partial charge in [-0.15, -0.1) is 11.3 Å². The average Bonchev–Trinajstić information content (AvgIpc) is 2.86. The highest BCUT2D eigenvalue weighted by Crippen LogP contribution is 2.23. The van der Waals surface area contributed by atoms with Gasteiger partial charge < -0.3 is 10.6 Å². The van der Waals surface area contributed by atoms with E-state index in [1.165, 1.54) is 0 Å². The van der Waals surface area contributed by atoms with Crippen LogP contribution in [0.5, 0.6) is 0 Å². The van der Waals surface area contributed by atoms with Gasteiger partial charge in [-0.1, -0.05) is 20.8 Å². The molecule has 1 aromatic heterocycles. The zero-order valence-corrected chi connectivity index (χ0v) is 12.8. The molecule has 0 spiro atoms. The van der Waals surface area contributed by atoms with E-state index in [4.69, 9.17) is 0 Å². The Hall–Kier alpha value is -0.940. The van der Waals surface area contributed by atoms with Gasteiger partial charge in [0.2, 0.25) is 5.91 Å². The second-order valence-corrected chi connectivity index (χ2v) is 7.08. The van der Waals surface area contributed by atoms with E-state index in [0.29, 0.717) is 6.54 Å². The summed E-state index contributed by atoms with van der Waals surface area (Å²) < 4.78 is 0. The molecule has 0 radical (unpaired) electrons. The highest BCUT2D eigenvalue weighted by Gasteiger charge is 2.21. The third kappa shape index (κ3) is 4.01. The minimum atomic E-state index is 0.0754. The Labute approximate surface area is 119 Å². The number of thiazole rings is 1. The molecular weight excluding hydrogens is 258 g/mol. The molecule has 2 N–H and O–H groups in total. The van der Waals surface area contributed by atoms with Crippen LogP contribution in [-0.2, 0) is 16.8 Å². The van der Waals surface area contributed by atoms with E-state index in [1.807, 2.05) is 0 Å². The van der Waals surface area contributed by atoms with Crippen molar-refractivity contribution in [1.29, 1.82) is 0 Å². The summed E-state index contributed by atoms with van der Waals surface area (Å²) in [5.74, 6) is 0.274. The Bertz CT molecular complexity index is 430. The molecule has 2 rings (SSSR count). The van der Waals surface area contributed by atoms with Crippen molar-refractivity contribution in [3.8, 4) is 0 Å².